The second-order valence-corrected chi connectivity index (χ2v) is 6.20. The Balaban J connectivity index is 2.31. The monoisotopic (exact) mass is 353 g/mol. The number of furan rings is 1. The number of carboxylic acid groups (broad SMARTS) is 1. The highest BCUT2D eigenvalue weighted by Gasteiger charge is 2.25. The first kappa shape index (κ1) is 15.6. The molecule has 0 aliphatic rings. The van der Waals surface area contributed by atoms with Crippen LogP contribution in [0.5, 0.6) is 0 Å². The summed E-state index contributed by atoms with van der Waals surface area (Å²) in [4.78, 5) is 23.3. The molecule has 1 atom stereocenters. The minimum Gasteiger partial charge on any atom is -0.480 e. The van der Waals surface area contributed by atoms with Gasteiger partial charge < -0.3 is 14.8 Å². The first-order valence-electron chi connectivity index (χ1n) is 6.53. The summed E-state index contributed by atoms with van der Waals surface area (Å²) in [5, 5.41) is 12.4. The van der Waals surface area contributed by atoms with Crippen LogP contribution in [-0.4, -0.2) is 23.0 Å². The minimum absolute atomic E-state index is 0.109. The zero-order valence-corrected chi connectivity index (χ0v) is 13.5. The average molecular weight is 354 g/mol. The van der Waals surface area contributed by atoms with E-state index < -0.39 is 17.9 Å². The summed E-state index contributed by atoms with van der Waals surface area (Å²) in [6, 6.07) is 4.40. The summed E-state index contributed by atoms with van der Waals surface area (Å²) < 4.78 is 6.44. The normalized spacial score (nSPS) is 12.6. The van der Waals surface area contributed by atoms with E-state index in [0.717, 1.165) is 15.4 Å². The molecule has 1 aromatic carbocycles. The zero-order chi connectivity index (χ0) is 15.7. The number of halogens is 1. The van der Waals surface area contributed by atoms with E-state index in [2.05, 4.69) is 21.2 Å². The van der Waals surface area contributed by atoms with Gasteiger partial charge in [-0.25, -0.2) is 4.79 Å². The number of carboxylic acids is 1. The summed E-state index contributed by atoms with van der Waals surface area (Å²) >= 11 is 3.39. The van der Waals surface area contributed by atoms with Gasteiger partial charge in [0.05, 0.1) is 0 Å². The molecular formula is C15H16BrNO4. The van der Waals surface area contributed by atoms with Crippen molar-refractivity contribution >= 4 is 38.8 Å². The van der Waals surface area contributed by atoms with E-state index in [1.165, 1.54) is 0 Å². The quantitative estimate of drug-likeness (QED) is 0.883. The standard InChI is InChI=1S/C15H16BrNO4/c1-7(2)12(15(19)20)17-14(18)11-6-9-5-10(16)4-8(3)13(9)21-11/h4-7,12H,1-3H3,(H,17,18)(H,19,20). The molecule has 1 aromatic heterocycles. The lowest BCUT2D eigenvalue weighted by atomic mass is 10.0. The lowest BCUT2D eigenvalue weighted by Crippen LogP contribution is -2.44. The number of rotatable bonds is 4. The average Bonchev–Trinajstić information content (AvgIpc) is 2.78. The maximum atomic E-state index is 12.1. The van der Waals surface area contributed by atoms with Crippen molar-refractivity contribution in [1.82, 2.24) is 5.32 Å². The topological polar surface area (TPSA) is 79.5 Å². The second kappa shape index (κ2) is 5.89. The number of carbonyl (C=O) groups excluding carboxylic acids is 1. The van der Waals surface area contributed by atoms with Crippen LogP contribution in [0.2, 0.25) is 0 Å². The highest BCUT2D eigenvalue weighted by Crippen LogP contribution is 2.27. The molecule has 1 unspecified atom stereocenters. The van der Waals surface area contributed by atoms with Crippen molar-refractivity contribution in [1.29, 1.82) is 0 Å². The van der Waals surface area contributed by atoms with Crippen LogP contribution in [-0.2, 0) is 4.79 Å². The Hall–Kier alpha value is -1.82. The first-order chi connectivity index (χ1) is 9.79. The zero-order valence-electron chi connectivity index (χ0n) is 11.9. The van der Waals surface area contributed by atoms with E-state index in [0.29, 0.717) is 5.58 Å². The van der Waals surface area contributed by atoms with E-state index in [1.807, 2.05) is 19.1 Å². The molecule has 5 nitrogen and oxygen atoms in total. The number of fused-ring (bicyclic) bond motifs is 1. The highest BCUT2D eigenvalue weighted by molar-refractivity contribution is 9.10. The Labute approximate surface area is 130 Å². The smallest absolute Gasteiger partial charge is 0.326 e. The second-order valence-electron chi connectivity index (χ2n) is 5.29. The van der Waals surface area contributed by atoms with Crippen molar-refractivity contribution in [3.05, 3.63) is 34.0 Å². The summed E-state index contributed by atoms with van der Waals surface area (Å²) in [6.07, 6.45) is 0. The molecular weight excluding hydrogens is 338 g/mol. The van der Waals surface area contributed by atoms with E-state index in [1.54, 1.807) is 19.9 Å². The van der Waals surface area contributed by atoms with Crippen LogP contribution in [0.1, 0.15) is 30.0 Å². The lowest BCUT2D eigenvalue weighted by molar-refractivity contribution is -0.140. The van der Waals surface area contributed by atoms with Crippen molar-refractivity contribution < 1.29 is 19.1 Å². The van der Waals surface area contributed by atoms with Gasteiger partial charge >= 0.3 is 5.97 Å². The van der Waals surface area contributed by atoms with Gasteiger partial charge in [-0.3, -0.25) is 4.79 Å². The minimum atomic E-state index is -1.06. The van der Waals surface area contributed by atoms with Crippen LogP contribution in [0.25, 0.3) is 11.0 Å². The molecule has 6 heteroatoms. The Morgan fingerprint density at radius 3 is 2.52 bits per heavy atom. The fraction of sp³-hybridized carbons (Fsp3) is 0.333. The van der Waals surface area contributed by atoms with Gasteiger partial charge in [0.1, 0.15) is 11.6 Å². The third-order valence-electron chi connectivity index (χ3n) is 3.21. The molecule has 0 bridgehead atoms. The van der Waals surface area contributed by atoms with Crippen LogP contribution in [0.4, 0.5) is 0 Å². The van der Waals surface area contributed by atoms with Gasteiger partial charge in [-0.2, -0.15) is 0 Å². The van der Waals surface area contributed by atoms with Gasteiger partial charge in [0.15, 0.2) is 5.76 Å². The van der Waals surface area contributed by atoms with Crippen LogP contribution in [0.15, 0.2) is 27.1 Å². The number of hydrogen-bond acceptors (Lipinski definition) is 3. The molecule has 21 heavy (non-hydrogen) atoms. The maximum absolute atomic E-state index is 12.1. The fourth-order valence-electron chi connectivity index (χ4n) is 2.12. The summed E-state index contributed by atoms with van der Waals surface area (Å²) in [5.41, 5.74) is 1.52. The van der Waals surface area contributed by atoms with Crippen LogP contribution in [0.3, 0.4) is 0 Å². The summed E-state index contributed by atoms with van der Waals surface area (Å²) in [7, 11) is 0. The van der Waals surface area contributed by atoms with Crippen molar-refractivity contribution in [2.75, 3.05) is 0 Å². The maximum Gasteiger partial charge on any atom is 0.326 e. The first-order valence-corrected chi connectivity index (χ1v) is 7.32. The van der Waals surface area contributed by atoms with Crippen LogP contribution >= 0.6 is 15.9 Å². The number of aliphatic carboxylic acids is 1. The largest absolute Gasteiger partial charge is 0.480 e. The Morgan fingerprint density at radius 1 is 1.29 bits per heavy atom. The van der Waals surface area contributed by atoms with Gasteiger partial charge in [-0.1, -0.05) is 29.8 Å². The SMILES string of the molecule is Cc1cc(Br)cc2cc(C(=O)NC(C(=O)O)C(C)C)oc12. The van der Waals surface area contributed by atoms with E-state index in [4.69, 9.17) is 9.52 Å². The molecule has 0 aliphatic heterocycles. The van der Waals surface area contributed by atoms with Crippen molar-refractivity contribution in [3.63, 3.8) is 0 Å². The lowest BCUT2D eigenvalue weighted by Gasteiger charge is -2.16. The molecule has 2 N–H and O–H groups in total. The Bertz CT molecular complexity index is 705. The highest BCUT2D eigenvalue weighted by atomic mass is 79.9. The molecule has 0 spiro atoms. The summed E-state index contributed by atoms with van der Waals surface area (Å²) in [5.74, 6) is -1.69. The molecule has 2 aromatic rings. The third kappa shape index (κ3) is 3.26. The van der Waals surface area contributed by atoms with Crippen LogP contribution in [0, 0.1) is 12.8 Å². The predicted octanol–water partition coefficient (Wildman–Crippen LogP) is 3.34. The van der Waals surface area contributed by atoms with E-state index >= 15 is 0 Å². The molecule has 1 heterocycles. The van der Waals surface area contributed by atoms with Gasteiger partial charge in [0.2, 0.25) is 0 Å². The molecule has 2 rings (SSSR count). The number of benzene rings is 1. The van der Waals surface area contributed by atoms with Crippen molar-refractivity contribution in [2.45, 2.75) is 26.8 Å². The fourth-order valence-corrected chi connectivity index (χ4v) is 2.71. The van der Waals surface area contributed by atoms with Crippen molar-refractivity contribution in [2.24, 2.45) is 5.92 Å². The molecule has 0 fully saturated rings. The molecule has 112 valence electrons. The van der Waals surface area contributed by atoms with Crippen molar-refractivity contribution in [3.8, 4) is 0 Å². The van der Waals surface area contributed by atoms with Gasteiger partial charge in [-0.05, 0) is 36.6 Å². The molecule has 0 aliphatic carbocycles. The number of amides is 1. The molecule has 0 saturated carbocycles. The predicted molar refractivity (Wildman–Crippen MR) is 82.4 cm³/mol. The number of aryl methyl sites for hydroxylation is 1. The Kier molecular flexibility index (Phi) is 4.37. The summed E-state index contributed by atoms with van der Waals surface area (Å²) in [6.45, 7) is 5.35. The molecule has 0 radical (unpaired) electrons. The van der Waals surface area contributed by atoms with Gasteiger partial charge in [0, 0.05) is 9.86 Å². The Morgan fingerprint density at radius 2 is 1.95 bits per heavy atom. The number of carbonyl (C=O) groups is 2. The number of hydrogen-bond donors (Lipinski definition) is 2. The van der Waals surface area contributed by atoms with Crippen LogP contribution < -0.4 is 5.32 Å². The molecule has 0 saturated heterocycles. The third-order valence-corrected chi connectivity index (χ3v) is 3.67. The van der Waals surface area contributed by atoms with Gasteiger partial charge in [0.25, 0.3) is 5.91 Å². The van der Waals surface area contributed by atoms with E-state index in [9.17, 15) is 9.59 Å². The van der Waals surface area contributed by atoms with Gasteiger partial charge in [-0.15, -0.1) is 0 Å². The van der Waals surface area contributed by atoms with E-state index in [-0.39, 0.29) is 11.7 Å². The number of nitrogens with one attached hydrogen (secondary N) is 1. The molecule has 1 amide bonds.